The molecular weight excluding hydrogens is 1310 g/mol. The van der Waals surface area contributed by atoms with E-state index in [9.17, 15) is 34.5 Å². The van der Waals surface area contributed by atoms with Gasteiger partial charge in [0.05, 0.1) is 49.3 Å². The molecule has 28 nitrogen and oxygen atoms in total. The summed E-state index contributed by atoms with van der Waals surface area (Å²) < 4.78 is 31.8. The number of esters is 1. The lowest BCUT2D eigenvalue weighted by molar-refractivity contribution is -0.280. The fourth-order valence-corrected chi connectivity index (χ4v) is 16.6. The number of nitrogens with two attached hydrogens (primary N) is 1. The Bertz CT molecular complexity index is 4300. The first kappa shape index (κ1) is 64.1. The molecule has 8 aromatic rings. The maximum atomic E-state index is 15.1. The quantitative estimate of drug-likeness (QED) is 0.0725. The molecule has 34 heteroatoms. The van der Waals surface area contributed by atoms with Crippen LogP contribution >= 0.6 is 68.4 Å². The summed E-state index contributed by atoms with van der Waals surface area (Å²) in [4.78, 5) is 134. The van der Waals surface area contributed by atoms with Gasteiger partial charge in [0, 0.05) is 61.1 Å². The average molecular weight is 1370 g/mol. The topological polar surface area (TPSA) is 397 Å². The Morgan fingerprint density at radius 3 is 2.23 bits per heavy atom. The molecule has 0 saturated carbocycles. The van der Waals surface area contributed by atoms with Crippen LogP contribution in [0.25, 0.3) is 49.3 Å². The normalized spacial score (nSPS) is 25.0. The Morgan fingerprint density at radius 2 is 1.51 bits per heavy atom. The Kier molecular flexibility index (Phi) is 18.0. The van der Waals surface area contributed by atoms with E-state index in [1.54, 1.807) is 51.5 Å². The summed E-state index contributed by atoms with van der Waals surface area (Å²) in [6.45, 7) is 5.43. The number of thioether (sulfide) groups is 1. The molecule has 12 rings (SSSR count). The first-order valence-electron chi connectivity index (χ1n) is 28.2. The van der Waals surface area contributed by atoms with Gasteiger partial charge in [-0.3, -0.25) is 28.8 Å². The molecule has 10 atom stereocenters. The molecule has 7 aromatic heterocycles. The number of thiazole rings is 5. The number of hydrogen-bond donors (Lipinski definition) is 9. The molecule has 11 heterocycles. The van der Waals surface area contributed by atoms with Gasteiger partial charge in [0.25, 0.3) is 23.6 Å². The zero-order valence-corrected chi connectivity index (χ0v) is 54.5. The van der Waals surface area contributed by atoms with Crippen molar-refractivity contribution in [3.05, 3.63) is 112 Å². The van der Waals surface area contributed by atoms with Gasteiger partial charge in [-0.2, -0.15) is 0 Å². The van der Waals surface area contributed by atoms with Gasteiger partial charge < -0.3 is 75.9 Å². The Hall–Kier alpha value is -8.00. The number of hydrogen-bond acceptors (Lipinski definition) is 28. The van der Waals surface area contributed by atoms with Crippen LogP contribution < -0.4 is 27.0 Å². The lowest BCUT2D eigenvalue weighted by atomic mass is 9.85. The number of ether oxygens (including phenoxy) is 5. The fraction of sp³-hybridized carbons (Fsp3) is 0.362. The number of H-pyrrole nitrogens is 1. The smallest absolute Gasteiger partial charge is 0.338 e. The van der Waals surface area contributed by atoms with Gasteiger partial charge in [-0.15, -0.1) is 56.7 Å². The van der Waals surface area contributed by atoms with Crippen molar-refractivity contribution in [2.75, 3.05) is 27.0 Å². The number of carbonyl (C=O) groups is 7. The summed E-state index contributed by atoms with van der Waals surface area (Å²) in [5, 5.41) is 53.7. The maximum Gasteiger partial charge on any atom is 0.338 e. The van der Waals surface area contributed by atoms with Crippen molar-refractivity contribution in [3.8, 4) is 38.4 Å². The Balaban J connectivity index is 1.04. The predicted molar refractivity (Wildman–Crippen MR) is 338 cm³/mol. The molecule has 92 heavy (non-hydrogen) atoms. The lowest BCUT2D eigenvalue weighted by Crippen LogP contribution is -2.62. The van der Waals surface area contributed by atoms with E-state index < -0.39 is 113 Å². The second kappa shape index (κ2) is 25.8. The summed E-state index contributed by atoms with van der Waals surface area (Å²) in [6.07, 6.45) is -7.09. The lowest BCUT2D eigenvalue weighted by Gasteiger charge is -2.48. The van der Waals surface area contributed by atoms with Gasteiger partial charge in [-0.05, 0) is 59.5 Å². The SMILES string of the molecule is CO/C(C)=C1/NC(=O)[C@H]([C@@H](C)O)NC(=O)c2csc(n2)-c2cc(O)c(-c3nc(C(N)=O)cs3)nc2-c2csc(n2)[C@@H]2CSC(=O)c3[nH]c4cccc5c4c3CO[C@@H](C(NC(=O)c3csc1n3)c1nc(cs1)C(=O)N2)[C@@H](O[C@H]1C[C@](C)(O)[C@H](N(C)C)[C@H](C)O1)C(=O)OC5. The molecule has 4 aliphatic rings. The number of aromatic amines is 1. The second-order valence-corrected chi connectivity index (χ2v) is 27.6. The van der Waals surface area contributed by atoms with E-state index in [2.05, 4.69) is 41.2 Å². The number of methoxy groups -OCH3 is 1. The third-order valence-electron chi connectivity index (χ3n) is 15.6. The molecule has 0 aliphatic carbocycles. The number of fused-ring (bicyclic) bond motifs is 15. The Labute approximate surface area is 546 Å². The van der Waals surface area contributed by atoms with Crippen LogP contribution in [0.5, 0.6) is 5.75 Å². The number of nitrogens with zero attached hydrogens (tertiary/aromatic N) is 7. The monoisotopic (exact) mass is 1370 g/mol. The van der Waals surface area contributed by atoms with Gasteiger partial charge in [0.1, 0.15) is 107 Å². The first-order chi connectivity index (χ1) is 43.9. The van der Waals surface area contributed by atoms with Crippen LogP contribution in [0.1, 0.15) is 125 Å². The number of aliphatic hydroxyl groups is 2. The number of rotatable bonds is 7. The van der Waals surface area contributed by atoms with Gasteiger partial charge >= 0.3 is 5.97 Å². The van der Waals surface area contributed by atoms with Crippen LogP contribution in [-0.4, -0.2) is 171 Å². The number of cyclic esters (lactones) is 1. The van der Waals surface area contributed by atoms with E-state index in [0.717, 1.165) is 68.4 Å². The molecule has 1 aromatic carbocycles. The number of allylic oxidation sites excluding steroid dienone is 1. The Morgan fingerprint density at radius 1 is 0.837 bits per heavy atom. The van der Waals surface area contributed by atoms with E-state index in [4.69, 9.17) is 44.4 Å². The molecule has 480 valence electrons. The van der Waals surface area contributed by atoms with Crippen LogP contribution in [0.2, 0.25) is 0 Å². The fourth-order valence-electron chi connectivity index (χ4n) is 11.4. The van der Waals surface area contributed by atoms with E-state index in [1.807, 2.05) is 4.90 Å². The summed E-state index contributed by atoms with van der Waals surface area (Å²) in [5.74, 6) is -5.70. The molecule has 0 radical (unpaired) electrons. The number of aromatic hydroxyl groups is 1. The summed E-state index contributed by atoms with van der Waals surface area (Å²) >= 11 is 5.73. The van der Waals surface area contributed by atoms with Crippen molar-refractivity contribution in [1.29, 1.82) is 0 Å². The predicted octanol–water partition coefficient (Wildman–Crippen LogP) is 5.27. The zero-order valence-electron chi connectivity index (χ0n) is 49.6. The minimum Gasteiger partial charge on any atom is -0.506 e. The highest BCUT2D eigenvalue weighted by Crippen LogP contribution is 2.43. The molecule has 12 bridgehead atoms. The van der Waals surface area contributed by atoms with Crippen molar-refractivity contribution in [2.24, 2.45) is 5.73 Å². The summed E-state index contributed by atoms with van der Waals surface area (Å²) in [6, 6.07) is 1.78. The second-order valence-electron chi connectivity index (χ2n) is 22.3. The van der Waals surface area contributed by atoms with Gasteiger partial charge in [0.2, 0.25) is 11.0 Å². The van der Waals surface area contributed by atoms with Crippen LogP contribution in [0, 0.1) is 0 Å². The van der Waals surface area contributed by atoms with Crippen molar-refractivity contribution in [1.82, 2.24) is 61.1 Å². The van der Waals surface area contributed by atoms with Crippen LogP contribution in [0.3, 0.4) is 0 Å². The average Bonchev–Trinajstić information content (AvgIpc) is 1.43. The summed E-state index contributed by atoms with van der Waals surface area (Å²) in [7, 11) is 4.92. The standard InChI is InChI=1S/C58H57N13O15S6/c1-21(72)37-50(78)69-38(22(2)82-7)53-65-32(19-90-53)49(77)70-42-43-44(86-35-12-58(4,81)45(71(5)6)23(3)85-35)56(79)84-13-24-9-8-10-27-36(24)26(14-83-43)40(60-27)57(80)92-20-33(61-47(75)30-18-91-55(42)66-30)52-62-28(15-88-52)39-25(51-64-31(17-87-51)48(76)68-37)11-34(73)41(67-39)54-63-29(16-89-54)46(59)74/h8-11,15-19,21,23,33,35,37,42-45,60,72-73,81H,12-14,20H2,1-7H3,(H2,59,74)(H,61,75)(H,68,76)(H,69,78)(H,70,77)/b38-22+/t21-,23+,33+,35+,37+,42?,43+,44-,45-,58+/m1/s1. The minimum atomic E-state index is -1.81. The van der Waals surface area contributed by atoms with Gasteiger partial charge in [0.15, 0.2) is 12.4 Å². The number of aromatic nitrogens is 7. The first-order valence-corrected chi connectivity index (χ1v) is 33.6. The number of nitrogens with one attached hydrogen (secondary N) is 5. The van der Waals surface area contributed by atoms with Crippen LogP contribution in [0.15, 0.2) is 56.9 Å². The minimum absolute atomic E-state index is 0.0132. The van der Waals surface area contributed by atoms with E-state index in [-0.39, 0.29) is 106 Å². The van der Waals surface area contributed by atoms with Crippen molar-refractivity contribution in [2.45, 2.75) is 108 Å². The molecule has 5 amide bonds. The van der Waals surface area contributed by atoms with E-state index >= 15 is 14.4 Å². The third kappa shape index (κ3) is 12.6. The van der Waals surface area contributed by atoms with E-state index in [1.165, 1.54) is 48.5 Å². The number of carbonyl (C=O) groups excluding carboxylic acids is 7. The molecule has 10 N–H and O–H groups in total. The number of amides is 5. The molecule has 1 fully saturated rings. The zero-order chi connectivity index (χ0) is 65.2. The number of likely N-dealkylation sites (N-methyl/N-ethyl adjacent to an activating group) is 1. The number of benzene rings is 1. The molecular formula is C58H57N13O15S6. The number of primary amides is 1. The number of pyridine rings is 1. The van der Waals surface area contributed by atoms with Gasteiger partial charge in [-0.1, -0.05) is 23.9 Å². The van der Waals surface area contributed by atoms with Crippen LogP contribution in [0.4, 0.5) is 0 Å². The van der Waals surface area contributed by atoms with Crippen molar-refractivity contribution in [3.63, 3.8) is 0 Å². The largest absolute Gasteiger partial charge is 0.506 e. The highest BCUT2D eigenvalue weighted by Gasteiger charge is 2.50. The molecule has 1 unspecified atom stereocenters. The number of aliphatic hydroxyl groups excluding tert-OH is 1. The third-order valence-corrected chi connectivity index (χ3v) is 21.1. The van der Waals surface area contributed by atoms with Gasteiger partial charge in [-0.25, -0.2) is 34.7 Å². The van der Waals surface area contributed by atoms with E-state index in [0.29, 0.717) is 22.0 Å². The summed E-state index contributed by atoms with van der Waals surface area (Å²) in [5.41, 5.74) is 5.13. The molecule has 4 aliphatic heterocycles. The highest BCUT2D eigenvalue weighted by molar-refractivity contribution is 8.14. The maximum absolute atomic E-state index is 15.1. The highest BCUT2D eigenvalue weighted by atomic mass is 32.2. The van der Waals surface area contributed by atoms with Crippen molar-refractivity contribution < 1.29 is 72.6 Å². The van der Waals surface area contributed by atoms with Crippen LogP contribution in [-0.2, 0) is 46.5 Å². The molecule has 0 spiro atoms. The molecule has 1 saturated heterocycles. The van der Waals surface area contributed by atoms with Crippen molar-refractivity contribution >= 4 is 126 Å².